The Balaban J connectivity index is 1.25. The van der Waals surface area contributed by atoms with Crippen LogP contribution < -0.4 is 15.4 Å². The fraction of sp³-hybridized carbons (Fsp3) is 0.286. The van der Waals surface area contributed by atoms with Crippen LogP contribution in [0.25, 0.3) is 0 Å². The lowest BCUT2D eigenvalue weighted by molar-refractivity contribution is -0.274. The third-order valence-electron chi connectivity index (χ3n) is 7.85. The molecule has 0 spiro atoms. The van der Waals surface area contributed by atoms with E-state index in [1.165, 1.54) is 18.2 Å². The minimum atomic E-state index is -4.80. The van der Waals surface area contributed by atoms with Crippen LogP contribution in [-0.2, 0) is 13.0 Å². The van der Waals surface area contributed by atoms with E-state index in [0.29, 0.717) is 24.1 Å². The Hall–Kier alpha value is -4.74. The first-order valence-corrected chi connectivity index (χ1v) is 15.1. The maximum Gasteiger partial charge on any atom is 0.573 e. The van der Waals surface area contributed by atoms with Crippen molar-refractivity contribution in [3.05, 3.63) is 131 Å². The van der Waals surface area contributed by atoms with Crippen molar-refractivity contribution in [2.45, 2.75) is 50.4 Å². The summed E-state index contributed by atoms with van der Waals surface area (Å²) in [7, 11) is 0. The average molecular weight is 633 g/mol. The van der Waals surface area contributed by atoms with Gasteiger partial charge in [0.1, 0.15) is 5.75 Å². The van der Waals surface area contributed by atoms with Gasteiger partial charge in [0.25, 0.3) is 11.8 Å². The van der Waals surface area contributed by atoms with Crippen LogP contribution in [0.5, 0.6) is 5.75 Å². The maximum absolute atomic E-state index is 13.6. The number of amides is 2. The van der Waals surface area contributed by atoms with E-state index in [0.717, 1.165) is 24.0 Å². The smallest absolute Gasteiger partial charge is 0.406 e. The zero-order chi connectivity index (χ0) is 32.5. The second-order valence-electron chi connectivity index (χ2n) is 11.2. The number of halogens is 3. The number of aliphatic hydroxyl groups excluding tert-OH is 1. The first kappa shape index (κ1) is 32.6. The van der Waals surface area contributed by atoms with Gasteiger partial charge in [0.05, 0.1) is 18.2 Å². The summed E-state index contributed by atoms with van der Waals surface area (Å²) < 4.78 is 41.8. The lowest BCUT2D eigenvalue weighted by atomic mass is 10.00. The number of nitrogens with zero attached hydrogens (tertiary/aromatic N) is 2. The minimum Gasteiger partial charge on any atom is -0.406 e. The van der Waals surface area contributed by atoms with E-state index < -0.39 is 24.4 Å². The lowest BCUT2D eigenvalue weighted by Crippen LogP contribution is -2.48. The van der Waals surface area contributed by atoms with Crippen molar-refractivity contribution in [1.82, 2.24) is 20.5 Å². The number of aliphatic hydroxyl groups is 1. The van der Waals surface area contributed by atoms with Crippen molar-refractivity contribution in [3.63, 3.8) is 0 Å². The van der Waals surface area contributed by atoms with Crippen molar-refractivity contribution in [2.75, 3.05) is 13.1 Å². The SMILES string of the molecule is O=C(NC(Cc1ccccc1)C(O)CNCc1cccc(OC(F)(F)F)c1)c1cccc(C(=O)N2CCCC2c2cccnc2)c1. The van der Waals surface area contributed by atoms with Gasteiger partial charge in [-0.1, -0.05) is 54.6 Å². The number of alkyl halides is 3. The molecule has 0 saturated carbocycles. The van der Waals surface area contributed by atoms with Gasteiger partial charge < -0.3 is 25.4 Å². The first-order chi connectivity index (χ1) is 22.2. The van der Waals surface area contributed by atoms with Crippen LogP contribution in [0.2, 0.25) is 0 Å². The number of carbonyl (C=O) groups excluding carboxylic acids is 2. The van der Waals surface area contributed by atoms with Gasteiger partial charge in [-0.25, -0.2) is 0 Å². The van der Waals surface area contributed by atoms with Crippen LogP contribution in [0, 0.1) is 0 Å². The molecule has 240 valence electrons. The Morgan fingerprint density at radius 2 is 1.72 bits per heavy atom. The van der Waals surface area contributed by atoms with E-state index in [9.17, 15) is 27.9 Å². The molecule has 3 unspecified atom stereocenters. The molecule has 1 saturated heterocycles. The van der Waals surface area contributed by atoms with Crippen LogP contribution >= 0.6 is 0 Å². The van der Waals surface area contributed by atoms with Gasteiger partial charge in [-0.05, 0) is 72.4 Å². The summed E-state index contributed by atoms with van der Waals surface area (Å²) in [5.74, 6) is -0.952. The monoisotopic (exact) mass is 632 g/mol. The molecule has 5 rings (SSSR count). The van der Waals surface area contributed by atoms with Crippen molar-refractivity contribution in [3.8, 4) is 5.75 Å². The normalized spacial score (nSPS) is 16.1. The highest BCUT2D eigenvalue weighted by atomic mass is 19.4. The Bertz CT molecular complexity index is 1600. The number of ether oxygens (including phenoxy) is 1. The molecule has 1 fully saturated rings. The van der Waals surface area contributed by atoms with Crippen molar-refractivity contribution >= 4 is 11.8 Å². The third kappa shape index (κ3) is 8.92. The summed E-state index contributed by atoms with van der Waals surface area (Å²) in [5.41, 5.74) is 3.06. The Morgan fingerprint density at radius 3 is 2.48 bits per heavy atom. The Labute approximate surface area is 265 Å². The number of pyridine rings is 1. The molecule has 2 amide bonds. The third-order valence-corrected chi connectivity index (χ3v) is 7.85. The summed E-state index contributed by atoms with van der Waals surface area (Å²) in [6, 6.07) is 24.5. The van der Waals surface area contributed by atoms with Crippen LogP contribution in [0.4, 0.5) is 13.2 Å². The van der Waals surface area contributed by atoms with Gasteiger partial charge in [0, 0.05) is 43.2 Å². The Morgan fingerprint density at radius 1 is 0.957 bits per heavy atom. The summed E-state index contributed by atoms with van der Waals surface area (Å²) >= 11 is 0. The molecule has 2 heterocycles. The lowest BCUT2D eigenvalue weighted by Gasteiger charge is -2.26. The van der Waals surface area contributed by atoms with Crippen molar-refractivity contribution in [1.29, 1.82) is 0 Å². The van der Waals surface area contributed by atoms with Crippen LogP contribution in [0.1, 0.15) is 56.3 Å². The van der Waals surface area contributed by atoms with E-state index in [1.807, 2.05) is 47.4 Å². The molecule has 3 N–H and O–H groups in total. The van der Waals surface area contributed by atoms with E-state index in [-0.39, 0.29) is 36.4 Å². The molecule has 1 aliphatic rings. The number of carbonyl (C=O) groups is 2. The molecule has 0 radical (unpaired) electrons. The molecular formula is C35H35F3N4O4. The maximum atomic E-state index is 13.6. The molecule has 4 aromatic rings. The van der Waals surface area contributed by atoms with Gasteiger partial charge >= 0.3 is 6.36 Å². The van der Waals surface area contributed by atoms with Gasteiger partial charge in [-0.3, -0.25) is 14.6 Å². The molecule has 3 atom stereocenters. The van der Waals surface area contributed by atoms with Gasteiger partial charge in [0.15, 0.2) is 0 Å². The second kappa shape index (κ2) is 15.0. The number of rotatable bonds is 12. The summed E-state index contributed by atoms with van der Waals surface area (Å²) in [6.07, 6.45) is -0.359. The number of hydrogen-bond acceptors (Lipinski definition) is 6. The van der Waals surface area contributed by atoms with E-state index >= 15 is 0 Å². The highest BCUT2D eigenvalue weighted by Crippen LogP contribution is 2.32. The zero-order valence-corrected chi connectivity index (χ0v) is 25.0. The average Bonchev–Trinajstić information content (AvgIpc) is 3.55. The molecule has 1 aliphatic heterocycles. The number of benzene rings is 3. The number of likely N-dealkylation sites (tertiary alicyclic amines) is 1. The van der Waals surface area contributed by atoms with Crippen LogP contribution in [0.3, 0.4) is 0 Å². The number of hydrogen-bond donors (Lipinski definition) is 3. The van der Waals surface area contributed by atoms with Crippen molar-refractivity contribution < 1.29 is 32.6 Å². The Kier molecular flexibility index (Phi) is 10.7. The first-order valence-electron chi connectivity index (χ1n) is 15.1. The highest BCUT2D eigenvalue weighted by Gasteiger charge is 2.32. The van der Waals surface area contributed by atoms with E-state index in [4.69, 9.17) is 0 Å². The predicted molar refractivity (Wildman–Crippen MR) is 166 cm³/mol. The molecule has 8 nitrogen and oxygen atoms in total. The van der Waals surface area contributed by atoms with Crippen LogP contribution in [-0.4, -0.2) is 58.4 Å². The summed E-state index contributed by atoms with van der Waals surface area (Å²) in [6.45, 7) is 0.816. The van der Waals surface area contributed by atoms with Gasteiger partial charge in [0.2, 0.25) is 0 Å². The van der Waals surface area contributed by atoms with Crippen LogP contribution in [0.15, 0.2) is 103 Å². The number of aromatic nitrogens is 1. The zero-order valence-electron chi connectivity index (χ0n) is 25.0. The van der Waals surface area contributed by atoms with E-state index in [1.54, 1.807) is 42.7 Å². The molecule has 0 aliphatic carbocycles. The van der Waals surface area contributed by atoms with Gasteiger partial charge in [-0.15, -0.1) is 13.2 Å². The molecular weight excluding hydrogens is 597 g/mol. The minimum absolute atomic E-state index is 0.0470. The predicted octanol–water partition coefficient (Wildman–Crippen LogP) is 5.45. The molecule has 3 aromatic carbocycles. The van der Waals surface area contributed by atoms with Gasteiger partial charge in [-0.2, -0.15) is 0 Å². The van der Waals surface area contributed by atoms with Crippen molar-refractivity contribution in [2.24, 2.45) is 0 Å². The molecule has 46 heavy (non-hydrogen) atoms. The molecule has 0 bridgehead atoms. The summed E-state index contributed by atoms with van der Waals surface area (Å²) in [5, 5.41) is 17.1. The summed E-state index contributed by atoms with van der Waals surface area (Å²) in [4.78, 5) is 33.1. The standard InChI is InChI=1S/C35H35F3N4O4/c36-35(37,38)46-29-14-4-10-25(18-29)21-40-23-32(43)30(19-24-8-2-1-3-9-24)41-33(44)26-11-5-12-27(20-26)34(45)42-17-7-15-31(42)28-13-6-16-39-22-28/h1-6,8-14,16,18,20,22,30-32,40,43H,7,15,17,19,21,23H2,(H,41,44). The largest absolute Gasteiger partial charge is 0.573 e. The molecule has 1 aromatic heterocycles. The highest BCUT2D eigenvalue weighted by molar-refractivity contribution is 6.00. The molecule has 11 heteroatoms. The second-order valence-corrected chi connectivity index (χ2v) is 11.2. The topological polar surface area (TPSA) is 104 Å². The number of nitrogens with one attached hydrogen (secondary N) is 2. The fourth-order valence-corrected chi connectivity index (χ4v) is 5.65. The fourth-order valence-electron chi connectivity index (χ4n) is 5.65. The quantitative estimate of drug-likeness (QED) is 0.192. The van der Waals surface area contributed by atoms with E-state index in [2.05, 4.69) is 20.4 Å².